The monoisotopic (exact) mass is 262 g/mol. The third-order valence-electron chi connectivity index (χ3n) is 3.73. The van der Waals surface area contributed by atoms with Crippen LogP contribution in [0.25, 0.3) is 0 Å². The van der Waals surface area contributed by atoms with Gasteiger partial charge in [0.15, 0.2) is 11.5 Å². The van der Waals surface area contributed by atoms with Crippen LogP contribution < -0.4 is 19.7 Å². The molecule has 4 heteroatoms. The van der Waals surface area contributed by atoms with E-state index >= 15 is 0 Å². The molecular formula is C15H22N2O2. The molecular weight excluding hydrogens is 240 g/mol. The number of anilines is 1. The lowest BCUT2D eigenvalue weighted by molar-refractivity contribution is 0.174. The second-order valence-electron chi connectivity index (χ2n) is 6.15. The van der Waals surface area contributed by atoms with Crippen molar-refractivity contribution >= 4 is 5.69 Å². The van der Waals surface area contributed by atoms with Crippen molar-refractivity contribution in [1.29, 1.82) is 0 Å². The number of benzene rings is 1. The Kier molecular flexibility index (Phi) is 3.27. The standard InChI is InChI=1S/C15H22N2O2/c1-15(2)9-16-6-3-7-17(10-15)12-4-5-13-14(8-12)19-11-18-13/h4-5,8,16H,3,6-7,9-11H2,1-2H3. The molecule has 0 aliphatic carbocycles. The van der Waals surface area contributed by atoms with Gasteiger partial charge >= 0.3 is 0 Å². The molecule has 0 spiro atoms. The van der Waals surface area contributed by atoms with Gasteiger partial charge in [-0.05, 0) is 30.5 Å². The first-order valence-electron chi connectivity index (χ1n) is 6.99. The van der Waals surface area contributed by atoms with E-state index in [1.54, 1.807) is 0 Å². The van der Waals surface area contributed by atoms with Crippen LogP contribution in [0.3, 0.4) is 0 Å². The Morgan fingerprint density at radius 3 is 2.95 bits per heavy atom. The number of rotatable bonds is 1. The van der Waals surface area contributed by atoms with Crippen molar-refractivity contribution in [3.8, 4) is 11.5 Å². The first-order valence-corrected chi connectivity index (χ1v) is 6.99. The minimum atomic E-state index is 0.275. The Balaban J connectivity index is 1.82. The first kappa shape index (κ1) is 12.6. The molecule has 0 amide bonds. The number of nitrogens with zero attached hydrogens (tertiary/aromatic N) is 1. The quantitative estimate of drug-likeness (QED) is 0.841. The van der Waals surface area contributed by atoms with Crippen LogP contribution in [0.4, 0.5) is 5.69 Å². The van der Waals surface area contributed by atoms with Crippen LogP contribution in [0.5, 0.6) is 11.5 Å². The molecule has 19 heavy (non-hydrogen) atoms. The molecule has 3 rings (SSSR count). The third-order valence-corrected chi connectivity index (χ3v) is 3.73. The summed E-state index contributed by atoms with van der Waals surface area (Å²) in [6, 6.07) is 6.26. The fourth-order valence-corrected chi connectivity index (χ4v) is 2.78. The maximum absolute atomic E-state index is 5.48. The molecule has 1 N–H and O–H groups in total. The summed E-state index contributed by atoms with van der Waals surface area (Å²) < 4.78 is 10.9. The molecule has 2 aliphatic rings. The second-order valence-corrected chi connectivity index (χ2v) is 6.15. The smallest absolute Gasteiger partial charge is 0.231 e. The van der Waals surface area contributed by atoms with E-state index in [0.717, 1.165) is 37.7 Å². The summed E-state index contributed by atoms with van der Waals surface area (Å²) in [4.78, 5) is 2.46. The van der Waals surface area contributed by atoms with Crippen molar-refractivity contribution in [3.05, 3.63) is 18.2 Å². The summed E-state index contributed by atoms with van der Waals surface area (Å²) in [5.41, 5.74) is 1.51. The van der Waals surface area contributed by atoms with Crippen LogP contribution >= 0.6 is 0 Å². The Hall–Kier alpha value is -1.42. The highest BCUT2D eigenvalue weighted by molar-refractivity contribution is 5.57. The van der Waals surface area contributed by atoms with Gasteiger partial charge in [-0.15, -0.1) is 0 Å². The molecule has 0 bridgehead atoms. The van der Waals surface area contributed by atoms with Crippen LogP contribution in [-0.4, -0.2) is 33.0 Å². The zero-order chi connectivity index (χ0) is 13.3. The molecule has 2 aliphatic heterocycles. The second kappa shape index (κ2) is 4.93. The molecule has 2 heterocycles. The van der Waals surface area contributed by atoms with Crippen molar-refractivity contribution in [3.63, 3.8) is 0 Å². The van der Waals surface area contributed by atoms with Gasteiger partial charge in [-0.1, -0.05) is 13.8 Å². The van der Waals surface area contributed by atoms with Crippen LogP contribution in [0.1, 0.15) is 20.3 Å². The highest BCUT2D eigenvalue weighted by Crippen LogP contribution is 2.36. The molecule has 104 valence electrons. The van der Waals surface area contributed by atoms with E-state index in [1.807, 2.05) is 6.07 Å². The van der Waals surface area contributed by atoms with Gasteiger partial charge in [-0.3, -0.25) is 0 Å². The van der Waals surface area contributed by atoms with Gasteiger partial charge in [0, 0.05) is 31.4 Å². The van der Waals surface area contributed by atoms with Crippen molar-refractivity contribution in [1.82, 2.24) is 5.32 Å². The number of nitrogens with one attached hydrogen (secondary N) is 1. The minimum absolute atomic E-state index is 0.275. The largest absolute Gasteiger partial charge is 0.454 e. The highest BCUT2D eigenvalue weighted by Gasteiger charge is 2.24. The van der Waals surface area contributed by atoms with Gasteiger partial charge in [0.2, 0.25) is 6.79 Å². The molecule has 1 aromatic carbocycles. The van der Waals surface area contributed by atoms with Gasteiger partial charge in [0.25, 0.3) is 0 Å². The Bertz CT molecular complexity index is 459. The lowest BCUT2D eigenvalue weighted by atomic mass is 9.91. The van der Waals surface area contributed by atoms with E-state index in [-0.39, 0.29) is 5.41 Å². The lowest BCUT2D eigenvalue weighted by Crippen LogP contribution is -2.44. The minimum Gasteiger partial charge on any atom is -0.454 e. The molecule has 0 aromatic heterocycles. The molecule has 1 saturated heterocycles. The van der Waals surface area contributed by atoms with Gasteiger partial charge in [-0.25, -0.2) is 0 Å². The molecule has 0 radical (unpaired) electrons. The molecule has 0 saturated carbocycles. The topological polar surface area (TPSA) is 33.7 Å². The SMILES string of the molecule is CC1(C)CNCCCN(c2ccc3c(c2)OCO3)C1. The fraction of sp³-hybridized carbons (Fsp3) is 0.600. The molecule has 0 atom stereocenters. The van der Waals surface area contributed by atoms with Gasteiger partial charge in [0.1, 0.15) is 0 Å². The number of hydrogen-bond donors (Lipinski definition) is 1. The van der Waals surface area contributed by atoms with Gasteiger partial charge in [0.05, 0.1) is 0 Å². The van der Waals surface area contributed by atoms with E-state index in [4.69, 9.17) is 9.47 Å². The van der Waals surface area contributed by atoms with E-state index in [1.165, 1.54) is 12.1 Å². The molecule has 1 aromatic rings. The summed E-state index contributed by atoms with van der Waals surface area (Å²) in [5, 5.41) is 3.52. The van der Waals surface area contributed by atoms with Gasteiger partial charge in [-0.2, -0.15) is 0 Å². The molecule has 0 unspecified atom stereocenters. The Morgan fingerprint density at radius 1 is 1.21 bits per heavy atom. The zero-order valence-electron chi connectivity index (χ0n) is 11.7. The van der Waals surface area contributed by atoms with Crippen LogP contribution in [0, 0.1) is 5.41 Å². The predicted octanol–water partition coefficient (Wildman–Crippen LogP) is 2.24. The van der Waals surface area contributed by atoms with Crippen molar-refractivity contribution < 1.29 is 9.47 Å². The normalized spacial score (nSPS) is 21.9. The van der Waals surface area contributed by atoms with Gasteiger partial charge < -0.3 is 19.7 Å². The first-order chi connectivity index (χ1) is 9.14. The average Bonchev–Trinajstić information content (AvgIpc) is 2.81. The summed E-state index contributed by atoms with van der Waals surface area (Å²) in [5.74, 6) is 1.73. The van der Waals surface area contributed by atoms with E-state index in [2.05, 4.69) is 36.2 Å². The van der Waals surface area contributed by atoms with E-state index in [0.29, 0.717) is 6.79 Å². The lowest BCUT2D eigenvalue weighted by Gasteiger charge is -2.36. The Morgan fingerprint density at radius 2 is 2.05 bits per heavy atom. The van der Waals surface area contributed by atoms with Crippen LogP contribution in [0.15, 0.2) is 18.2 Å². The van der Waals surface area contributed by atoms with E-state index < -0.39 is 0 Å². The average molecular weight is 262 g/mol. The van der Waals surface area contributed by atoms with Crippen LogP contribution in [-0.2, 0) is 0 Å². The highest BCUT2D eigenvalue weighted by atomic mass is 16.7. The Labute approximate surface area is 114 Å². The summed E-state index contributed by atoms with van der Waals surface area (Å²) in [7, 11) is 0. The molecule has 4 nitrogen and oxygen atoms in total. The maximum atomic E-state index is 5.48. The summed E-state index contributed by atoms with van der Waals surface area (Å²) >= 11 is 0. The summed E-state index contributed by atoms with van der Waals surface area (Å²) in [6.07, 6.45) is 1.17. The number of fused-ring (bicyclic) bond motifs is 1. The van der Waals surface area contributed by atoms with Crippen molar-refractivity contribution in [2.45, 2.75) is 20.3 Å². The number of hydrogen-bond acceptors (Lipinski definition) is 4. The van der Waals surface area contributed by atoms with Crippen molar-refractivity contribution in [2.75, 3.05) is 37.9 Å². The molecule has 1 fully saturated rings. The fourth-order valence-electron chi connectivity index (χ4n) is 2.78. The van der Waals surface area contributed by atoms with Crippen LogP contribution in [0.2, 0.25) is 0 Å². The van der Waals surface area contributed by atoms with E-state index in [9.17, 15) is 0 Å². The van der Waals surface area contributed by atoms with Crippen molar-refractivity contribution in [2.24, 2.45) is 5.41 Å². The predicted molar refractivity (Wildman–Crippen MR) is 76.0 cm³/mol. The third kappa shape index (κ3) is 2.78. The summed E-state index contributed by atoms with van der Waals surface area (Å²) in [6.45, 7) is 9.25. The number of ether oxygens (including phenoxy) is 2. The maximum Gasteiger partial charge on any atom is 0.231 e. The zero-order valence-corrected chi connectivity index (χ0v) is 11.7.